The first-order valence-electron chi connectivity index (χ1n) is 6.12. The van der Waals surface area contributed by atoms with Gasteiger partial charge in [-0.05, 0) is 26.4 Å². The zero-order valence-electron chi connectivity index (χ0n) is 10.8. The van der Waals surface area contributed by atoms with Crippen molar-refractivity contribution < 1.29 is 0 Å². The minimum atomic E-state index is 0.639. The number of likely N-dealkylation sites (tertiary alicyclic amines) is 1. The second-order valence-electron chi connectivity index (χ2n) is 4.67. The van der Waals surface area contributed by atoms with Gasteiger partial charge in [0.25, 0.3) is 0 Å². The third-order valence-corrected chi connectivity index (χ3v) is 3.43. The van der Waals surface area contributed by atoms with E-state index in [0.29, 0.717) is 6.04 Å². The Bertz CT molecular complexity index is 368. The third-order valence-electron chi connectivity index (χ3n) is 3.43. The molecule has 1 aromatic heterocycles. The van der Waals surface area contributed by atoms with Crippen molar-refractivity contribution in [3.05, 3.63) is 12.4 Å². The Hall–Kier alpha value is -1.36. The highest BCUT2D eigenvalue weighted by Crippen LogP contribution is 2.18. The average molecular weight is 235 g/mol. The van der Waals surface area contributed by atoms with Crippen LogP contribution in [0, 0.1) is 0 Å². The molecule has 17 heavy (non-hydrogen) atoms. The molecule has 1 aliphatic rings. The number of anilines is 2. The van der Waals surface area contributed by atoms with E-state index in [1.54, 1.807) is 6.20 Å². The molecule has 5 nitrogen and oxygen atoms in total. The van der Waals surface area contributed by atoms with Crippen molar-refractivity contribution in [2.24, 2.45) is 0 Å². The molecule has 1 saturated heterocycles. The molecule has 1 aliphatic heterocycles. The summed E-state index contributed by atoms with van der Waals surface area (Å²) in [5.74, 6) is 1.74. The van der Waals surface area contributed by atoms with E-state index in [9.17, 15) is 0 Å². The Labute approximate surface area is 103 Å². The van der Waals surface area contributed by atoms with Crippen molar-refractivity contribution in [1.82, 2.24) is 14.9 Å². The molecule has 0 saturated carbocycles. The lowest BCUT2D eigenvalue weighted by Gasteiger charge is -2.26. The Morgan fingerprint density at radius 2 is 2.35 bits per heavy atom. The maximum Gasteiger partial charge on any atom is 0.149 e. The van der Waals surface area contributed by atoms with Gasteiger partial charge in [0.15, 0.2) is 0 Å². The summed E-state index contributed by atoms with van der Waals surface area (Å²) in [6.45, 7) is 2.22. The van der Waals surface area contributed by atoms with E-state index in [-0.39, 0.29) is 0 Å². The SMILES string of the molecule is CNc1cncc(N(C)CC2CCCN2C)n1. The summed E-state index contributed by atoms with van der Waals surface area (Å²) < 4.78 is 0. The van der Waals surface area contributed by atoms with Crippen molar-refractivity contribution in [2.75, 3.05) is 44.4 Å². The van der Waals surface area contributed by atoms with Crippen molar-refractivity contribution in [1.29, 1.82) is 0 Å². The van der Waals surface area contributed by atoms with Gasteiger partial charge in [-0.1, -0.05) is 0 Å². The number of nitrogens with zero attached hydrogens (tertiary/aromatic N) is 4. The maximum absolute atomic E-state index is 4.49. The second kappa shape index (κ2) is 5.31. The van der Waals surface area contributed by atoms with Crippen LogP contribution in [0.2, 0.25) is 0 Å². The summed E-state index contributed by atoms with van der Waals surface area (Å²) in [5.41, 5.74) is 0. The van der Waals surface area contributed by atoms with Crippen molar-refractivity contribution in [3.63, 3.8) is 0 Å². The van der Waals surface area contributed by atoms with Crippen LogP contribution in [-0.2, 0) is 0 Å². The molecule has 2 rings (SSSR count). The molecule has 2 heterocycles. The Kier molecular flexibility index (Phi) is 3.78. The van der Waals surface area contributed by atoms with Gasteiger partial charge in [0.2, 0.25) is 0 Å². The average Bonchev–Trinajstić information content (AvgIpc) is 2.75. The standard InChI is InChI=1S/C12H21N5/c1-13-11-7-14-8-12(15-11)17(3)9-10-5-4-6-16(10)2/h7-8,10H,4-6,9H2,1-3H3,(H,13,15). The van der Waals surface area contributed by atoms with Crippen molar-refractivity contribution in [2.45, 2.75) is 18.9 Å². The van der Waals surface area contributed by atoms with Crippen molar-refractivity contribution >= 4 is 11.6 Å². The molecule has 0 radical (unpaired) electrons. The fraction of sp³-hybridized carbons (Fsp3) is 0.667. The first-order valence-corrected chi connectivity index (χ1v) is 6.12. The number of aromatic nitrogens is 2. The molecule has 0 spiro atoms. The predicted octanol–water partition coefficient (Wildman–Crippen LogP) is 1.05. The fourth-order valence-electron chi connectivity index (χ4n) is 2.28. The maximum atomic E-state index is 4.49. The summed E-state index contributed by atoms with van der Waals surface area (Å²) in [6.07, 6.45) is 6.13. The van der Waals surface area contributed by atoms with Crippen LogP contribution in [0.15, 0.2) is 12.4 Å². The molecule has 5 heteroatoms. The summed E-state index contributed by atoms with van der Waals surface area (Å²) in [7, 11) is 6.13. The fourth-order valence-corrected chi connectivity index (χ4v) is 2.28. The molecule has 1 N–H and O–H groups in total. The zero-order chi connectivity index (χ0) is 12.3. The Morgan fingerprint density at radius 3 is 3.00 bits per heavy atom. The number of nitrogens with one attached hydrogen (secondary N) is 1. The third kappa shape index (κ3) is 2.85. The molecule has 1 aromatic rings. The molecule has 0 aromatic carbocycles. The molecule has 1 atom stereocenters. The van der Waals surface area contributed by atoms with Crippen molar-refractivity contribution in [3.8, 4) is 0 Å². The van der Waals surface area contributed by atoms with Gasteiger partial charge in [-0.25, -0.2) is 4.98 Å². The van der Waals surface area contributed by atoms with Gasteiger partial charge in [-0.15, -0.1) is 0 Å². The molecule has 0 amide bonds. The second-order valence-corrected chi connectivity index (χ2v) is 4.67. The molecular weight excluding hydrogens is 214 g/mol. The highest BCUT2D eigenvalue weighted by atomic mass is 15.2. The topological polar surface area (TPSA) is 44.3 Å². The van der Waals surface area contributed by atoms with Crippen LogP contribution < -0.4 is 10.2 Å². The van der Waals surface area contributed by atoms with E-state index in [2.05, 4.69) is 39.2 Å². The van der Waals surface area contributed by atoms with Gasteiger partial charge >= 0.3 is 0 Å². The van der Waals surface area contributed by atoms with Crippen LogP contribution >= 0.6 is 0 Å². The Morgan fingerprint density at radius 1 is 1.53 bits per heavy atom. The van der Waals surface area contributed by atoms with Crippen LogP contribution in [-0.4, -0.2) is 55.1 Å². The largest absolute Gasteiger partial charge is 0.372 e. The van der Waals surface area contributed by atoms with Crippen LogP contribution in [0.5, 0.6) is 0 Å². The lowest BCUT2D eigenvalue weighted by atomic mass is 10.2. The molecule has 94 valence electrons. The van der Waals surface area contributed by atoms with Gasteiger partial charge in [-0.2, -0.15) is 0 Å². The summed E-state index contributed by atoms with van der Waals surface area (Å²) in [6, 6.07) is 0.639. The normalized spacial score (nSPS) is 20.5. The summed E-state index contributed by atoms with van der Waals surface area (Å²) in [5, 5.41) is 3.01. The number of likely N-dealkylation sites (N-methyl/N-ethyl adjacent to an activating group) is 2. The number of hydrogen-bond acceptors (Lipinski definition) is 5. The molecule has 0 bridgehead atoms. The van der Waals surface area contributed by atoms with E-state index in [1.807, 2.05) is 13.2 Å². The minimum Gasteiger partial charge on any atom is -0.372 e. The van der Waals surface area contributed by atoms with Gasteiger partial charge in [0.05, 0.1) is 12.4 Å². The smallest absolute Gasteiger partial charge is 0.149 e. The van der Waals surface area contributed by atoms with Crippen LogP contribution in [0.1, 0.15) is 12.8 Å². The van der Waals surface area contributed by atoms with E-state index in [1.165, 1.54) is 19.4 Å². The van der Waals surface area contributed by atoms with Crippen LogP contribution in [0.3, 0.4) is 0 Å². The van der Waals surface area contributed by atoms with E-state index < -0.39 is 0 Å². The molecule has 1 fully saturated rings. The van der Waals surface area contributed by atoms with Crippen LogP contribution in [0.4, 0.5) is 11.6 Å². The van der Waals surface area contributed by atoms with Gasteiger partial charge in [-0.3, -0.25) is 4.98 Å². The van der Waals surface area contributed by atoms with Gasteiger partial charge in [0, 0.05) is 26.7 Å². The first-order chi connectivity index (χ1) is 8.20. The lowest BCUT2D eigenvalue weighted by Crippen LogP contribution is -2.37. The summed E-state index contributed by atoms with van der Waals surface area (Å²) >= 11 is 0. The van der Waals surface area contributed by atoms with Crippen LogP contribution in [0.25, 0.3) is 0 Å². The molecular formula is C12H21N5. The zero-order valence-corrected chi connectivity index (χ0v) is 10.8. The Balaban J connectivity index is 2.00. The van der Waals surface area contributed by atoms with Gasteiger partial charge in [0.1, 0.15) is 11.6 Å². The van der Waals surface area contributed by atoms with E-state index >= 15 is 0 Å². The van der Waals surface area contributed by atoms with E-state index in [0.717, 1.165) is 18.2 Å². The number of rotatable bonds is 4. The van der Waals surface area contributed by atoms with Gasteiger partial charge < -0.3 is 15.1 Å². The highest BCUT2D eigenvalue weighted by molar-refractivity contribution is 5.42. The monoisotopic (exact) mass is 235 g/mol. The highest BCUT2D eigenvalue weighted by Gasteiger charge is 2.22. The number of hydrogen-bond donors (Lipinski definition) is 1. The quantitative estimate of drug-likeness (QED) is 0.845. The predicted molar refractivity (Wildman–Crippen MR) is 70.5 cm³/mol. The summed E-state index contributed by atoms with van der Waals surface area (Å²) in [4.78, 5) is 13.3. The first kappa shape index (κ1) is 12.1. The lowest BCUT2D eigenvalue weighted by molar-refractivity contribution is 0.314. The molecule has 0 aliphatic carbocycles. The minimum absolute atomic E-state index is 0.639. The van der Waals surface area contributed by atoms with E-state index in [4.69, 9.17) is 0 Å². The molecule has 1 unspecified atom stereocenters.